The third kappa shape index (κ3) is 8.38. The standard InChI is InChI=1S/C36H45ClN8O4/c1-23(38)32(24(2)40-15-20-49-4)26-7-5-25(6-8-26)31-22-41-33(43(31)3)34(46)42-28-9-10-29(30(37)21-28)36(48)45-18-16-44(17-19-45)35(47)27-11-13-39-14-12-27/h5-10,21-22,27,39H,11-20,38H2,1-4H3,(H,42,46)/b32-23+,40-24?. The molecule has 0 bridgehead atoms. The van der Waals surface area contributed by atoms with Crippen molar-refractivity contribution >= 4 is 46.3 Å². The number of carbonyl (C=O) groups is 3. The summed E-state index contributed by atoms with van der Waals surface area (Å²) in [6, 6.07) is 12.7. The van der Waals surface area contributed by atoms with Crippen LogP contribution in [0.4, 0.5) is 5.69 Å². The Morgan fingerprint density at radius 3 is 2.35 bits per heavy atom. The predicted molar refractivity (Wildman–Crippen MR) is 193 cm³/mol. The van der Waals surface area contributed by atoms with E-state index < -0.39 is 5.91 Å². The summed E-state index contributed by atoms with van der Waals surface area (Å²) >= 11 is 6.56. The Balaban J connectivity index is 1.20. The van der Waals surface area contributed by atoms with Crippen molar-refractivity contribution in [1.82, 2.24) is 24.7 Å². The summed E-state index contributed by atoms with van der Waals surface area (Å²) in [7, 11) is 3.42. The Hall–Kier alpha value is -4.52. The van der Waals surface area contributed by atoms with E-state index in [4.69, 9.17) is 22.1 Å². The lowest BCUT2D eigenvalue weighted by Gasteiger charge is -2.37. The number of halogens is 1. The first-order chi connectivity index (χ1) is 23.6. The number of benzene rings is 2. The highest BCUT2D eigenvalue weighted by atomic mass is 35.5. The van der Waals surface area contributed by atoms with E-state index in [0.29, 0.717) is 56.3 Å². The summed E-state index contributed by atoms with van der Waals surface area (Å²) in [4.78, 5) is 52.1. The van der Waals surface area contributed by atoms with E-state index in [0.717, 1.165) is 54.0 Å². The second-order valence-corrected chi connectivity index (χ2v) is 12.8. The maximum absolute atomic E-state index is 13.3. The zero-order chi connectivity index (χ0) is 35.1. The van der Waals surface area contributed by atoms with Gasteiger partial charge in [-0.2, -0.15) is 0 Å². The van der Waals surface area contributed by atoms with Gasteiger partial charge < -0.3 is 35.5 Å². The Kier molecular flexibility index (Phi) is 11.9. The first-order valence-corrected chi connectivity index (χ1v) is 17.0. The Labute approximate surface area is 292 Å². The molecule has 0 atom stereocenters. The van der Waals surface area contributed by atoms with Gasteiger partial charge in [-0.05, 0) is 69.1 Å². The largest absolute Gasteiger partial charge is 0.402 e. The average molecular weight is 689 g/mol. The van der Waals surface area contributed by atoms with Gasteiger partial charge in [-0.1, -0.05) is 35.9 Å². The number of hydrogen-bond acceptors (Lipinski definition) is 8. The number of anilines is 1. The van der Waals surface area contributed by atoms with E-state index in [9.17, 15) is 14.4 Å². The summed E-state index contributed by atoms with van der Waals surface area (Å²) in [6.45, 7) is 8.50. The van der Waals surface area contributed by atoms with Crippen molar-refractivity contribution in [3.63, 3.8) is 0 Å². The second-order valence-electron chi connectivity index (χ2n) is 12.4. The molecule has 49 heavy (non-hydrogen) atoms. The number of nitrogens with two attached hydrogens (primary N) is 1. The van der Waals surface area contributed by atoms with Crippen molar-refractivity contribution in [3.8, 4) is 11.3 Å². The minimum Gasteiger partial charge on any atom is -0.402 e. The number of allylic oxidation sites excluding steroid dienone is 2. The molecule has 0 spiro atoms. The van der Waals surface area contributed by atoms with E-state index in [2.05, 4.69) is 20.6 Å². The van der Waals surface area contributed by atoms with Crippen LogP contribution in [-0.4, -0.2) is 102 Å². The van der Waals surface area contributed by atoms with Crippen molar-refractivity contribution in [1.29, 1.82) is 0 Å². The number of nitrogens with zero attached hydrogens (tertiary/aromatic N) is 5. The van der Waals surface area contributed by atoms with Gasteiger partial charge in [0.1, 0.15) is 0 Å². The molecule has 260 valence electrons. The minimum atomic E-state index is -0.415. The van der Waals surface area contributed by atoms with E-state index in [1.54, 1.807) is 48.0 Å². The monoisotopic (exact) mass is 688 g/mol. The Morgan fingerprint density at radius 1 is 1.04 bits per heavy atom. The molecule has 3 amide bonds. The fourth-order valence-corrected chi connectivity index (χ4v) is 6.64. The zero-order valence-corrected chi connectivity index (χ0v) is 29.3. The fourth-order valence-electron chi connectivity index (χ4n) is 6.38. The van der Waals surface area contributed by atoms with Gasteiger partial charge in [0.15, 0.2) is 5.82 Å². The lowest BCUT2D eigenvalue weighted by Crippen LogP contribution is -2.52. The number of piperazine rings is 1. The maximum Gasteiger partial charge on any atom is 0.291 e. The van der Waals surface area contributed by atoms with Crippen LogP contribution in [-0.2, 0) is 16.6 Å². The maximum atomic E-state index is 13.3. The number of hydrogen-bond donors (Lipinski definition) is 3. The highest BCUT2D eigenvalue weighted by Crippen LogP contribution is 2.27. The molecule has 0 radical (unpaired) electrons. The number of ether oxygens (including phenoxy) is 1. The van der Waals surface area contributed by atoms with Crippen molar-refractivity contribution in [3.05, 3.63) is 76.3 Å². The molecular formula is C36H45ClN8O4. The summed E-state index contributed by atoms with van der Waals surface area (Å²) in [5.74, 6) is -0.157. The molecular weight excluding hydrogens is 644 g/mol. The summed E-state index contributed by atoms with van der Waals surface area (Å²) in [6.07, 6.45) is 3.36. The molecule has 2 aliphatic rings. The first kappa shape index (κ1) is 35.8. The molecule has 2 fully saturated rings. The number of aromatic nitrogens is 2. The molecule has 0 unspecified atom stereocenters. The average Bonchev–Trinajstić information content (AvgIpc) is 3.49. The Morgan fingerprint density at radius 2 is 1.71 bits per heavy atom. The summed E-state index contributed by atoms with van der Waals surface area (Å²) in [5.41, 5.74) is 12.0. The van der Waals surface area contributed by atoms with Crippen LogP contribution < -0.4 is 16.4 Å². The van der Waals surface area contributed by atoms with Crippen LogP contribution in [0, 0.1) is 5.92 Å². The number of carbonyl (C=O) groups excluding carboxylic acids is 3. The SMILES string of the molecule is COCCN=C(C)/C(=C(/C)N)c1ccc(-c2cnc(C(=O)Nc3ccc(C(=O)N4CCN(C(=O)C5CCNCC5)CC4)c(Cl)c3)n2C)cc1. The minimum absolute atomic E-state index is 0.0587. The normalized spacial score (nSPS) is 16.4. The smallest absolute Gasteiger partial charge is 0.291 e. The van der Waals surface area contributed by atoms with E-state index in [1.807, 2.05) is 43.0 Å². The van der Waals surface area contributed by atoms with Gasteiger partial charge in [0.05, 0.1) is 35.6 Å². The number of imidazole rings is 1. The number of amides is 3. The zero-order valence-electron chi connectivity index (χ0n) is 28.6. The van der Waals surface area contributed by atoms with Gasteiger partial charge in [-0.25, -0.2) is 4.98 Å². The number of methoxy groups -OCH3 is 1. The molecule has 2 saturated heterocycles. The van der Waals surface area contributed by atoms with Crippen LogP contribution >= 0.6 is 11.6 Å². The molecule has 5 rings (SSSR count). The van der Waals surface area contributed by atoms with Gasteiger partial charge in [-0.3, -0.25) is 19.4 Å². The van der Waals surface area contributed by atoms with Crippen LogP contribution in [0.5, 0.6) is 0 Å². The number of piperidine rings is 1. The van der Waals surface area contributed by atoms with Crippen molar-refractivity contribution in [2.45, 2.75) is 26.7 Å². The fraction of sp³-hybridized carbons (Fsp3) is 0.417. The van der Waals surface area contributed by atoms with Gasteiger partial charge in [-0.15, -0.1) is 0 Å². The first-order valence-electron chi connectivity index (χ1n) is 16.6. The van der Waals surface area contributed by atoms with Crippen molar-refractivity contribution < 1.29 is 19.1 Å². The van der Waals surface area contributed by atoms with E-state index in [-0.39, 0.29) is 28.6 Å². The van der Waals surface area contributed by atoms with Crippen molar-refractivity contribution in [2.75, 3.05) is 64.8 Å². The van der Waals surface area contributed by atoms with Crippen molar-refractivity contribution in [2.24, 2.45) is 23.7 Å². The molecule has 3 heterocycles. The van der Waals surface area contributed by atoms with Gasteiger partial charge in [0, 0.05) is 68.9 Å². The summed E-state index contributed by atoms with van der Waals surface area (Å²) in [5, 5.41) is 6.37. The quantitative estimate of drug-likeness (QED) is 0.215. The number of aliphatic imine (C=N–C) groups is 1. The highest BCUT2D eigenvalue weighted by Gasteiger charge is 2.30. The topological polar surface area (TPSA) is 147 Å². The van der Waals surface area contributed by atoms with Crippen LogP contribution in [0.3, 0.4) is 0 Å². The second kappa shape index (κ2) is 16.3. The molecule has 2 aromatic carbocycles. The van der Waals surface area contributed by atoms with Gasteiger partial charge in [0.2, 0.25) is 5.91 Å². The third-order valence-corrected chi connectivity index (χ3v) is 9.40. The molecule has 12 nitrogen and oxygen atoms in total. The number of rotatable bonds is 10. The molecule has 0 saturated carbocycles. The van der Waals surface area contributed by atoms with Crippen LogP contribution in [0.2, 0.25) is 5.02 Å². The molecule has 1 aromatic heterocycles. The lowest BCUT2D eigenvalue weighted by atomic mass is 9.96. The van der Waals surface area contributed by atoms with Crippen LogP contribution in [0.25, 0.3) is 16.8 Å². The summed E-state index contributed by atoms with van der Waals surface area (Å²) < 4.78 is 6.83. The molecule has 2 aliphatic heterocycles. The van der Waals surface area contributed by atoms with E-state index in [1.165, 1.54) is 0 Å². The molecule has 3 aromatic rings. The Bertz CT molecular complexity index is 1730. The van der Waals surface area contributed by atoms with Gasteiger partial charge >= 0.3 is 0 Å². The third-order valence-electron chi connectivity index (χ3n) is 9.09. The van der Waals surface area contributed by atoms with Crippen LogP contribution in [0.15, 0.2) is 59.4 Å². The predicted octanol–water partition coefficient (Wildman–Crippen LogP) is 4.07. The lowest BCUT2D eigenvalue weighted by molar-refractivity contribution is -0.137. The molecule has 0 aliphatic carbocycles. The highest BCUT2D eigenvalue weighted by molar-refractivity contribution is 6.34. The van der Waals surface area contributed by atoms with E-state index >= 15 is 0 Å². The van der Waals surface area contributed by atoms with Crippen LogP contribution in [0.1, 0.15) is 53.2 Å². The molecule has 13 heteroatoms. The number of nitrogens with one attached hydrogen (secondary N) is 2. The molecule has 4 N–H and O–H groups in total. The van der Waals surface area contributed by atoms with Gasteiger partial charge in [0.25, 0.3) is 11.8 Å².